The molecule has 5 rings (SSSR count). The van der Waals surface area contributed by atoms with E-state index in [1.807, 2.05) is 11.8 Å². The van der Waals surface area contributed by atoms with Gasteiger partial charge in [-0.2, -0.15) is 0 Å². The van der Waals surface area contributed by atoms with Crippen molar-refractivity contribution in [1.29, 1.82) is 0 Å². The minimum Gasteiger partial charge on any atom is -0.368 e. The molecular weight excluding hydrogens is 476 g/mol. The molecule has 38 heavy (non-hydrogen) atoms. The van der Waals surface area contributed by atoms with Gasteiger partial charge in [-0.1, -0.05) is 29.8 Å². The number of aryl methyl sites for hydroxylation is 1. The lowest BCUT2D eigenvalue weighted by atomic mass is 9.97. The molecule has 1 aromatic heterocycles. The molecule has 206 valence electrons. The number of likely N-dealkylation sites (tertiary alicyclic amines) is 2. The van der Waals surface area contributed by atoms with Crippen molar-refractivity contribution in [2.24, 2.45) is 0 Å². The van der Waals surface area contributed by atoms with Gasteiger partial charge in [-0.15, -0.1) is 0 Å². The molecule has 1 aromatic carbocycles. The first-order valence-electron chi connectivity index (χ1n) is 14.5. The molecule has 8 heteroatoms. The lowest BCUT2D eigenvalue weighted by Crippen LogP contribution is -2.51. The van der Waals surface area contributed by atoms with Crippen molar-refractivity contribution >= 4 is 11.7 Å². The van der Waals surface area contributed by atoms with Gasteiger partial charge in [0.25, 0.3) is 5.91 Å². The minimum absolute atomic E-state index is 0.0219. The summed E-state index contributed by atoms with van der Waals surface area (Å²) in [5, 5.41) is 6.87. The molecule has 0 aliphatic carbocycles. The van der Waals surface area contributed by atoms with Crippen molar-refractivity contribution in [3.63, 3.8) is 0 Å². The Bertz CT molecular complexity index is 1060. The van der Waals surface area contributed by atoms with Gasteiger partial charge in [0.05, 0.1) is 12.2 Å². The molecule has 0 spiro atoms. The molecule has 8 nitrogen and oxygen atoms in total. The standard InChI is InChI=1S/C30H44N6O2/c1-21-7-9-23(10-8-21)27-6-4-5-26(38-27)19-32-29-22(2)28(33-20-34-29)30(37)36-17-13-25(14-18-36)35-15-11-24(31-3)12-16-35/h7-10,20,24-27,31H,4-6,11-19H2,1-3H3,(H,32,33,34)/t26-,27+/m0/s1. The lowest BCUT2D eigenvalue weighted by Gasteiger charge is -2.41. The summed E-state index contributed by atoms with van der Waals surface area (Å²) < 4.78 is 6.43. The van der Waals surface area contributed by atoms with Crippen LogP contribution in [0.15, 0.2) is 30.6 Å². The van der Waals surface area contributed by atoms with Gasteiger partial charge in [-0.05, 0) is 84.5 Å². The number of carbonyl (C=O) groups is 1. The van der Waals surface area contributed by atoms with E-state index >= 15 is 0 Å². The van der Waals surface area contributed by atoms with Gasteiger partial charge in [-0.3, -0.25) is 4.79 Å². The number of anilines is 1. The second-order valence-corrected chi connectivity index (χ2v) is 11.3. The fourth-order valence-corrected chi connectivity index (χ4v) is 6.27. The number of carbonyl (C=O) groups excluding carboxylic acids is 1. The van der Waals surface area contributed by atoms with E-state index in [9.17, 15) is 4.79 Å². The van der Waals surface area contributed by atoms with Crippen LogP contribution in [0.1, 0.15) is 78.2 Å². The smallest absolute Gasteiger partial charge is 0.272 e. The van der Waals surface area contributed by atoms with Crippen LogP contribution in [0.25, 0.3) is 0 Å². The largest absolute Gasteiger partial charge is 0.368 e. The van der Waals surface area contributed by atoms with Crippen molar-refractivity contribution in [1.82, 2.24) is 25.1 Å². The molecular formula is C30H44N6O2. The zero-order valence-electron chi connectivity index (χ0n) is 23.3. The van der Waals surface area contributed by atoms with Gasteiger partial charge in [0, 0.05) is 37.3 Å². The van der Waals surface area contributed by atoms with Crippen LogP contribution in [0.5, 0.6) is 0 Å². The summed E-state index contributed by atoms with van der Waals surface area (Å²) in [5.74, 6) is 0.750. The predicted octanol–water partition coefficient (Wildman–Crippen LogP) is 4.10. The van der Waals surface area contributed by atoms with Gasteiger partial charge >= 0.3 is 0 Å². The molecule has 0 bridgehead atoms. The first-order valence-corrected chi connectivity index (χ1v) is 14.5. The van der Waals surface area contributed by atoms with E-state index in [1.165, 1.54) is 30.3 Å². The van der Waals surface area contributed by atoms with Gasteiger partial charge < -0.3 is 25.2 Å². The van der Waals surface area contributed by atoms with Crippen molar-refractivity contribution in [2.75, 3.05) is 45.1 Å². The number of rotatable bonds is 7. The highest BCUT2D eigenvalue weighted by molar-refractivity contribution is 5.94. The predicted molar refractivity (Wildman–Crippen MR) is 150 cm³/mol. The minimum atomic E-state index is 0.0219. The maximum atomic E-state index is 13.4. The normalized spacial score (nSPS) is 23.9. The number of ether oxygens (including phenoxy) is 1. The van der Waals surface area contributed by atoms with Crippen molar-refractivity contribution in [2.45, 2.75) is 83.1 Å². The molecule has 1 amide bonds. The van der Waals surface area contributed by atoms with Gasteiger partial charge in [0.2, 0.25) is 0 Å². The molecule has 4 heterocycles. The summed E-state index contributed by atoms with van der Waals surface area (Å²) in [5.41, 5.74) is 3.84. The van der Waals surface area contributed by atoms with Crippen LogP contribution in [0.3, 0.4) is 0 Å². The number of piperidine rings is 2. The Morgan fingerprint density at radius 1 is 0.974 bits per heavy atom. The summed E-state index contributed by atoms with van der Waals surface area (Å²) in [6, 6.07) is 9.89. The quantitative estimate of drug-likeness (QED) is 0.569. The van der Waals surface area contributed by atoms with Crippen LogP contribution in [-0.2, 0) is 4.74 Å². The van der Waals surface area contributed by atoms with Crippen LogP contribution in [0.2, 0.25) is 0 Å². The molecule has 3 saturated heterocycles. The number of aromatic nitrogens is 2. The Morgan fingerprint density at radius 2 is 1.71 bits per heavy atom. The van der Waals surface area contributed by atoms with Crippen molar-refractivity contribution in [3.8, 4) is 0 Å². The summed E-state index contributed by atoms with van der Waals surface area (Å²) >= 11 is 0. The zero-order valence-corrected chi connectivity index (χ0v) is 23.3. The number of nitrogens with one attached hydrogen (secondary N) is 2. The van der Waals surface area contributed by atoms with E-state index in [2.05, 4.69) is 63.7 Å². The Kier molecular flexibility index (Phi) is 8.92. The number of hydrogen-bond acceptors (Lipinski definition) is 7. The van der Waals surface area contributed by atoms with E-state index in [0.717, 1.165) is 69.7 Å². The Balaban J connectivity index is 1.14. The Morgan fingerprint density at radius 3 is 2.42 bits per heavy atom. The van der Waals surface area contributed by atoms with Crippen molar-refractivity contribution in [3.05, 3.63) is 53.0 Å². The van der Waals surface area contributed by atoms with Crippen LogP contribution < -0.4 is 10.6 Å². The summed E-state index contributed by atoms with van der Waals surface area (Å²) in [4.78, 5) is 26.9. The molecule has 2 aromatic rings. The number of nitrogens with zero attached hydrogens (tertiary/aromatic N) is 4. The van der Waals surface area contributed by atoms with E-state index in [4.69, 9.17) is 4.74 Å². The fourth-order valence-electron chi connectivity index (χ4n) is 6.27. The third-order valence-electron chi connectivity index (χ3n) is 8.79. The molecule has 0 unspecified atom stereocenters. The molecule has 3 aliphatic heterocycles. The average Bonchev–Trinajstić information content (AvgIpc) is 2.97. The van der Waals surface area contributed by atoms with Crippen molar-refractivity contribution < 1.29 is 9.53 Å². The average molecular weight is 521 g/mol. The summed E-state index contributed by atoms with van der Waals surface area (Å²) in [6.45, 7) is 8.62. The molecule has 2 N–H and O–H groups in total. The Labute approximate surface area is 227 Å². The number of amides is 1. The highest BCUT2D eigenvalue weighted by Gasteiger charge is 2.31. The van der Waals surface area contributed by atoms with Gasteiger partial charge in [0.1, 0.15) is 17.8 Å². The molecule has 3 aliphatic rings. The molecule has 2 atom stereocenters. The maximum absolute atomic E-state index is 13.4. The molecule has 0 saturated carbocycles. The molecule has 0 radical (unpaired) electrons. The highest BCUT2D eigenvalue weighted by Crippen LogP contribution is 2.31. The second kappa shape index (κ2) is 12.5. The van der Waals surface area contributed by atoms with Gasteiger partial charge in [0.15, 0.2) is 0 Å². The van der Waals surface area contributed by atoms with Gasteiger partial charge in [-0.25, -0.2) is 9.97 Å². The summed E-state index contributed by atoms with van der Waals surface area (Å²) in [6.07, 6.45) is 9.46. The molecule has 3 fully saturated rings. The zero-order chi connectivity index (χ0) is 26.5. The number of benzene rings is 1. The topological polar surface area (TPSA) is 82.6 Å². The second-order valence-electron chi connectivity index (χ2n) is 11.3. The highest BCUT2D eigenvalue weighted by atomic mass is 16.5. The van der Waals surface area contributed by atoms with E-state index < -0.39 is 0 Å². The monoisotopic (exact) mass is 520 g/mol. The Hall–Kier alpha value is -2.55. The summed E-state index contributed by atoms with van der Waals surface area (Å²) in [7, 11) is 2.06. The SMILES string of the molecule is CNC1CCN(C2CCN(C(=O)c3ncnc(NC[C@@H]4CCC[C@H](c5ccc(C)cc5)O4)c3C)CC2)CC1. The first kappa shape index (κ1) is 27.0. The maximum Gasteiger partial charge on any atom is 0.272 e. The van der Waals surface area contributed by atoms with Crippen LogP contribution in [0.4, 0.5) is 5.82 Å². The van der Waals surface area contributed by atoms with E-state index in [0.29, 0.717) is 24.3 Å². The van der Waals surface area contributed by atoms with Crippen LogP contribution in [-0.4, -0.2) is 83.6 Å². The third kappa shape index (κ3) is 6.35. The number of hydrogen-bond donors (Lipinski definition) is 2. The van der Waals surface area contributed by atoms with E-state index in [1.54, 1.807) is 0 Å². The fraction of sp³-hybridized carbons (Fsp3) is 0.633. The third-order valence-corrected chi connectivity index (χ3v) is 8.79. The lowest BCUT2D eigenvalue weighted by molar-refractivity contribution is -0.0442. The van der Waals surface area contributed by atoms with E-state index in [-0.39, 0.29) is 18.1 Å². The van der Waals surface area contributed by atoms with Crippen LogP contribution in [0, 0.1) is 13.8 Å². The first-order chi connectivity index (χ1) is 18.5. The van der Waals surface area contributed by atoms with Crippen LogP contribution >= 0.6 is 0 Å².